The van der Waals surface area contributed by atoms with E-state index >= 15 is 0 Å². The van der Waals surface area contributed by atoms with E-state index in [4.69, 9.17) is 0 Å². The lowest BCUT2D eigenvalue weighted by atomic mass is 9.88. The van der Waals surface area contributed by atoms with Crippen LogP contribution in [0, 0.1) is 0 Å². The number of allylic oxidation sites excluding steroid dienone is 14. The summed E-state index contributed by atoms with van der Waals surface area (Å²) in [6.07, 6.45) is 24.7. The van der Waals surface area contributed by atoms with Crippen LogP contribution in [0.1, 0.15) is 63.8 Å². The van der Waals surface area contributed by atoms with Crippen LogP contribution in [0.5, 0.6) is 0 Å². The quantitative estimate of drug-likeness (QED) is 0.134. The van der Waals surface area contributed by atoms with E-state index in [2.05, 4.69) is 175 Å². The zero-order valence-electron chi connectivity index (χ0n) is 30.8. The van der Waals surface area contributed by atoms with Gasteiger partial charge in [-0.05, 0) is 133 Å². The van der Waals surface area contributed by atoms with Crippen molar-refractivity contribution < 1.29 is 0 Å². The van der Waals surface area contributed by atoms with Crippen molar-refractivity contribution in [2.24, 2.45) is 0 Å². The van der Waals surface area contributed by atoms with Crippen molar-refractivity contribution in [3.8, 4) is 22.3 Å². The first-order valence-electron chi connectivity index (χ1n) is 17.2. The van der Waals surface area contributed by atoms with Crippen LogP contribution in [-0.4, -0.2) is 0 Å². The summed E-state index contributed by atoms with van der Waals surface area (Å²) in [5.74, 6) is 0. The molecule has 0 bridgehead atoms. The van der Waals surface area contributed by atoms with E-state index in [0.717, 1.165) is 27.8 Å². The molecule has 0 atom stereocenters. The zero-order valence-corrected chi connectivity index (χ0v) is 30.8. The van der Waals surface area contributed by atoms with Gasteiger partial charge < -0.3 is 0 Å². The predicted octanol–water partition coefficient (Wildman–Crippen LogP) is 15.0. The molecule has 0 aromatic heterocycles. The molecular weight excluding hydrogens is 601 g/mol. The summed E-state index contributed by atoms with van der Waals surface area (Å²) in [6.45, 7) is 24.7. The smallest absolute Gasteiger partial charge is 0.0105 e. The number of rotatable bonds is 12. The highest BCUT2D eigenvalue weighted by atomic mass is 14.2. The standard InChI is InChI=1S/C28H30.C22H22/c1-7-9-11-16-26-20-28(25-14-12-10-13-15-25)24(8-2)19-27(26)23(6)22(5)18-17-21(3)4;1-4-10-18(3)21(11-5-2)16-19-12-9-15-22(17-19)20-13-7-6-8-14-20/h7-20H,2,6H2,1,3-5H3;4-17H,1H2,2-3H3/b9-7-,16-11-,22-18-;11-5-,18-10-,21-16?. The van der Waals surface area contributed by atoms with Crippen molar-refractivity contribution in [2.45, 2.75) is 41.5 Å². The van der Waals surface area contributed by atoms with Gasteiger partial charge in [-0.1, -0.05) is 171 Å². The molecule has 0 aliphatic rings. The fraction of sp³-hybridized carbons (Fsp3) is 0.120. The number of benzene rings is 4. The summed E-state index contributed by atoms with van der Waals surface area (Å²) in [5, 5.41) is 0. The van der Waals surface area contributed by atoms with Crippen molar-refractivity contribution in [2.75, 3.05) is 0 Å². The van der Waals surface area contributed by atoms with Crippen LogP contribution < -0.4 is 0 Å². The van der Waals surface area contributed by atoms with E-state index in [1.807, 2.05) is 56.4 Å². The van der Waals surface area contributed by atoms with Crippen molar-refractivity contribution in [3.63, 3.8) is 0 Å². The first-order chi connectivity index (χ1) is 24.2. The second kappa shape index (κ2) is 20.6. The highest BCUT2D eigenvalue weighted by molar-refractivity contribution is 5.88. The van der Waals surface area contributed by atoms with Gasteiger partial charge in [0.05, 0.1) is 0 Å². The number of hydrogen-bond donors (Lipinski definition) is 0. The van der Waals surface area contributed by atoms with Gasteiger partial charge in [-0.25, -0.2) is 0 Å². The summed E-state index contributed by atoms with van der Waals surface area (Å²) in [5.41, 5.74) is 15.3. The molecular formula is C50H52. The predicted molar refractivity (Wildman–Crippen MR) is 227 cm³/mol. The highest BCUT2D eigenvalue weighted by Crippen LogP contribution is 2.34. The summed E-state index contributed by atoms with van der Waals surface area (Å²) in [7, 11) is 0. The molecule has 0 spiro atoms. The van der Waals surface area contributed by atoms with E-state index in [9.17, 15) is 0 Å². The minimum atomic E-state index is 1.03. The molecule has 0 aliphatic heterocycles. The van der Waals surface area contributed by atoms with Gasteiger partial charge in [-0.2, -0.15) is 0 Å². The maximum absolute atomic E-state index is 4.39. The molecule has 0 fully saturated rings. The van der Waals surface area contributed by atoms with Crippen LogP contribution in [0.4, 0.5) is 0 Å². The molecule has 0 unspecified atom stereocenters. The van der Waals surface area contributed by atoms with E-state index in [0.29, 0.717) is 0 Å². The topological polar surface area (TPSA) is 0 Å². The van der Waals surface area contributed by atoms with E-state index in [1.54, 1.807) is 0 Å². The summed E-state index contributed by atoms with van der Waals surface area (Å²) in [6, 6.07) is 33.9. The first-order valence-corrected chi connectivity index (χ1v) is 17.2. The lowest BCUT2D eigenvalue weighted by Crippen LogP contribution is -1.94. The van der Waals surface area contributed by atoms with Crippen molar-refractivity contribution >= 4 is 23.8 Å². The summed E-state index contributed by atoms with van der Waals surface area (Å²) >= 11 is 0. The first kappa shape index (κ1) is 38.7. The normalized spacial score (nSPS) is 12.2. The van der Waals surface area contributed by atoms with E-state index < -0.39 is 0 Å². The van der Waals surface area contributed by atoms with Gasteiger partial charge in [-0.3, -0.25) is 0 Å². The Kier molecular flexibility index (Phi) is 16.0. The third-order valence-corrected chi connectivity index (χ3v) is 8.06. The lowest BCUT2D eigenvalue weighted by Gasteiger charge is -2.16. The largest absolute Gasteiger partial charge is 0.0991 e. The molecule has 4 rings (SSSR count). The molecule has 252 valence electrons. The van der Waals surface area contributed by atoms with Gasteiger partial charge in [0, 0.05) is 0 Å². The maximum Gasteiger partial charge on any atom is -0.0105 e. The monoisotopic (exact) mass is 652 g/mol. The third kappa shape index (κ3) is 11.8. The SMILES string of the molecule is C=C/C=C(/C)C(=Cc1cccc(-c2ccccc2)c1)/C=C\C.C=Cc1cc(C(=C)/C(C)=C\C=C(C)C)c(/C=C\C=C/C)cc1-c1ccccc1. The van der Waals surface area contributed by atoms with Crippen LogP contribution in [0.3, 0.4) is 0 Å². The minimum Gasteiger partial charge on any atom is -0.0991 e. The average molecular weight is 653 g/mol. The van der Waals surface area contributed by atoms with Crippen LogP contribution in [0.25, 0.3) is 46.1 Å². The molecule has 0 heteroatoms. The van der Waals surface area contributed by atoms with Gasteiger partial charge in [0.25, 0.3) is 0 Å². The van der Waals surface area contributed by atoms with Crippen molar-refractivity contribution in [1.82, 2.24) is 0 Å². The summed E-state index contributed by atoms with van der Waals surface area (Å²) in [4.78, 5) is 0. The van der Waals surface area contributed by atoms with Gasteiger partial charge in [0.15, 0.2) is 0 Å². The van der Waals surface area contributed by atoms with Crippen LogP contribution in [0.15, 0.2) is 194 Å². The zero-order chi connectivity index (χ0) is 36.3. The van der Waals surface area contributed by atoms with E-state index in [-0.39, 0.29) is 0 Å². The third-order valence-electron chi connectivity index (χ3n) is 8.06. The molecule has 0 amide bonds. The van der Waals surface area contributed by atoms with Crippen LogP contribution in [-0.2, 0) is 0 Å². The fourth-order valence-corrected chi connectivity index (χ4v) is 5.31. The van der Waals surface area contributed by atoms with Gasteiger partial charge in [-0.15, -0.1) is 0 Å². The average Bonchev–Trinajstić information content (AvgIpc) is 3.14. The summed E-state index contributed by atoms with van der Waals surface area (Å²) < 4.78 is 0. The molecule has 4 aromatic carbocycles. The minimum absolute atomic E-state index is 1.03. The Hall–Kier alpha value is -5.72. The van der Waals surface area contributed by atoms with Gasteiger partial charge in [0.1, 0.15) is 0 Å². The molecule has 0 saturated carbocycles. The molecule has 0 heterocycles. The maximum atomic E-state index is 4.39. The Bertz CT molecular complexity index is 1960. The molecule has 50 heavy (non-hydrogen) atoms. The number of hydrogen-bond acceptors (Lipinski definition) is 0. The lowest BCUT2D eigenvalue weighted by molar-refractivity contribution is 1.38. The van der Waals surface area contributed by atoms with Crippen LogP contribution >= 0.6 is 0 Å². The van der Waals surface area contributed by atoms with Crippen LogP contribution in [0.2, 0.25) is 0 Å². The Morgan fingerprint density at radius 2 is 1.26 bits per heavy atom. The van der Waals surface area contributed by atoms with Gasteiger partial charge in [0.2, 0.25) is 0 Å². The molecule has 0 N–H and O–H groups in total. The molecule has 0 nitrogen and oxygen atoms in total. The highest BCUT2D eigenvalue weighted by Gasteiger charge is 2.12. The van der Waals surface area contributed by atoms with Crippen molar-refractivity contribution in [3.05, 3.63) is 216 Å². The Balaban J connectivity index is 0.000000278. The Labute approximate surface area is 302 Å². The molecule has 0 radical (unpaired) electrons. The van der Waals surface area contributed by atoms with Crippen molar-refractivity contribution in [1.29, 1.82) is 0 Å². The Morgan fingerprint density at radius 3 is 1.86 bits per heavy atom. The second-order valence-corrected chi connectivity index (χ2v) is 12.2. The molecule has 0 saturated heterocycles. The molecule has 0 aliphatic carbocycles. The fourth-order valence-electron chi connectivity index (χ4n) is 5.31. The molecule has 4 aromatic rings. The Morgan fingerprint density at radius 1 is 0.600 bits per heavy atom. The second-order valence-electron chi connectivity index (χ2n) is 12.2. The van der Waals surface area contributed by atoms with E-state index in [1.165, 1.54) is 44.5 Å². The van der Waals surface area contributed by atoms with Gasteiger partial charge >= 0.3 is 0 Å².